The van der Waals surface area contributed by atoms with Crippen LogP contribution in [0.1, 0.15) is 16.7 Å². The van der Waals surface area contributed by atoms with E-state index in [1.165, 1.54) is 17.2 Å². The lowest BCUT2D eigenvalue weighted by atomic mass is 9.97. The highest BCUT2D eigenvalue weighted by molar-refractivity contribution is 5.27. The molecule has 2 N–H and O–H groups in total. The molecular weight excluding hydrogens is 225 g/mol. The van der Waals surface area contributed by atoms with E-state index in [4.69, 9.17) is 5.73 Å². The summed E-state index contributed by atoms with van der Waals surface area (Å²) in [6, 6.07) is 14.9. The van der Waals surface area contributed by atoms with E-state index in [0.717, 1.165) is 12.0 Å². The molecule has 0 fully saturated rings. The Bertz CT molecular complexity index is 522. The van der Waals surface area contributed by atoms with Gasteiger partial charge in [-0.3, -0.25) is 0 Å². The molecule has 0 aliphatic heterocycles. The lowest BCUT2D eigenvalue weighted by Gasteiger charge is -2.13. The molecule has 2 aromatic carbocycles. The number of halogens is 1. The topological polar surface area (TPSA) is 26.0 Å². The molecular formula is C16H18FN. The third kappa shape index (κ3) is 3.41. The number of aryl methyl sites for hydroxylation is 1. The van der Waals surface area contributed by atoms with Crippen LogP contribution in [0.25, 0.3) is 0 Å². The molecule has 0 spiro atoms. The van der Waals surface area contributed by atoms with Crippen LogP contribution in [0, 0.1) is 12.7 Å². The Balaban J connectivity index is 2.01. The Kier molecular flexibility index (Phi) is 4.11. The Morgan fingerprint density at radius 2 is 1.83 bits per heavy atom. The summed E-state index contributed by atoms with van der Waals surface area (Å²) in [6.07, 6.45) is 1.52. The van der Waals surface area contributed by atoms with Gasteiger partial charge in [0.2, 0.25) is 0 Å². The molecule has 0 radical (unpaired) electrons. The van der Waals surface area contributed by atoms with Crippen molar-refractivity contribution >= 4 is 0 Å². The van der Waals surface area contributed by atoms with Crippen LogP contribution in [0.15, 0.2) is 48.5 Å². The number of nitrogens with two attached hydrogens (primary N) is 1. The number of hydrogen-bond donors (Lipinski definition) is 1. The number of rotatable bonds is 4. The highest BCUT2D eigenvalue weighted by Crippen LogP contribution is 2.12. The Labute approximate surface area is 107 Å². The smallest absolute Gasteiger partial charge is 0.123 e. The highest BCUT2D eigenvalue weighted by Gasteiger charge is 2.07. The van der Waals surface area contributed by atoms with Gasteiger partial charge in [0, 0.05) is 6.04 Å². The van der Waals surface area contributed by atoms with E-state index >= 15 is 0 Å². The Morgan fingerprint density at radius 1 is 1.06 bits per heavy atom. The third-order valence-electron chi connectivity index (χ3n) is 3.13. The van der Waals surface area contributed by atoms with Gasteiger partial charge in [0.15, 0.2) is 0 Å². The van der Waals surface area contributed by atoms with Gasteiger partial charge in [0.25, 0.3) is 0 Å². The first kappa shape index (κ1) is 12.8. The van der Waals surface area contributed by atoms with Crippen molar-refractivity contribution in [3.8, 4) is 0 Å². The average Bonchev–Trinajstić information content (AvgIpc) is 2.32. The fourth-order valence-corrected chi connectivity index (χ4v) is 2.16. The van der Waals surface area contributed by atoms with Crippen molar-refractivity contribution in [1.82, 2.24) is 0 Å². The molecule has 94 valence electrons. The summed E-state index contributed by atoms with van der Waals surface area (Å²) in [5, 5.41) is 0. The standard InChI is InChI=1S/C16H18FN/c1-12-5-2-3-7-14(12)11-16(18)10-13-6-4-8-15(17)9-13/h2-9,16H,10-11,18H2,1H3. The summed E-state index contributed by atoms with van der Waals surface area (Å²) in [4.78, 5) is 0. The summed E-state index contributed by atoms with van der Waals surface area (Å²) in [5.74, 6) is -0.199. The monoisotopic (exact) mass is 243 g/mol. The van der Waals surface area contributed by atoms with Gasteiger partial charge in [-0.15, -0.1) is 0 Å². The van der Waals surface area contributed by atoms with Gasteiger partial charge in [0.1, 0.15) is 5.82 Å². The molecule has 1 atom stereocenters. The van der Waals surface area contributed by atoms with Crippen molar-refractivity contribution < 1.29 is 4.39 Å². The van der Waals surface area contributed by atoms with Crippen molar-refractivity contribution in [3.63, 3.8) is 0 Å². The largest absolute Gasteiger partial charge is 0.327 e. The van der Waals surface area contributed by atoms with E-state index < -0.39 is 0 Å². The van der Waals surface area contributed by atoms with E-state index in [2.05, 4.69) is 19.1 Å². The van der Waals surface area contributed by atoms with Crippen LogP contribution in [0.3, 0.4) is 0 Å². The van der Waals surface area contributed by atoms with E-state index in [1.54, 1.807) is 12.1 Å². The zero-order valence-corrected chi connectivity index (χ0v) is 10.6. The second kappa shape index (κ2) is 5.78. The summed E-state index contributed by atoms with van der Waals surface area (Å²) in [5.41, 5.74) is 9.61. The molecule has 1 nitrogen and oxygen atoms in total. The van der Waals surface area contributed by atoms with Crippen molar-refractivity contribution in [2.45, 2.75) is 25.8 Å². The first-order valence-corrected chi connectivity index (χ1v) is 6.19. The highest BCUT2D eigenvalue weighted by atomic mass is 19.1. The molecule has 0 heterocycles. The zero-order chi connectivity index (χ0) is 13.0. The first-order chi connectivity index (χ1) is 8.65. The van der Waals surface area contributed by atoms with E-state index in [-0.39, 0.29) is 11.9 Å². The Morgan fingerprint density at radius 3 is 2.56 bits per heavy atom. The van der Waals surface area contributed by atoms with Crippen LogP contribution in [-0.2, 0) is 12.8 Å². The second-order valence-electron chi connectivity index (χ2n) is 4.72. The first-order valence-electron chi connectivity index (χ1n) is 6.19. The van der Waals surface area contributed by atoms with Gasteiger partial charge in [-0.2, -0.15) is 0 Å². The summed E-state index contributed by atoms with van der Waals surface area (Å²) in [7, 11) is 0. The molecule has 0 aromatic heterocycles. The number of benzene rings is 2. The van der Waals surface area contributed by atoms with Crippen molar-refractivity contribution in [3.05, 3.63) is 71.0 Å². The molecule has 2 heteroatoms. The molecule has 0 saturated heterocycles. The molecule has 2 rings (SSSR count). The van der Waals surface area contributed by atoms with Crippen molar-refractivity contribution in [1.29, 1.82) is 0 Å². The molecule has 2 aromatic rings. The van der Waals surface area contributed by atoms with Gasteiger partial charge in [-0.1, -0.05) is 36.4 Å². The summed E-state index contributed by atoms with van der Waals surface area (Å²) in [6.45, 7) is 2.09. The van der Waals surface area contributed by atoms with Crippen LogP contribution in [-0.4, -0.2) is 6.04 Å². The molecule has 0 amide bonds. The molecule has 18 heavy (non-hydrogen) atoms. The minimum absolute atomic E-state index is 0.0212. The lowest BCUT2D eigenvalue weighted by Crippen LogP contribution is -2.25. The van der Waals surface area contributed by atoms with E-state index in [9.17, 15) is 4.39 Å². The van der Waals surface area contributed by atoms with E-state index in [1.807, 2.05) is 18.2 Å². The van der Waals surface area contributed by atoms with Crippen LogP contribution in [0.5, 0.6) is 0 Å². The number of hydrogen-bond acceptors (Lipinski definition) is 1. The maximum atomic E-state index is 13.1. The fraction of sp³-hybridized carbons (Fsp3) is 0.250. The molecule has 0 aliphatic rings. The molecule has 0 saturated carbocycles. The van der Waals surface area contributed by atoms with E-state index in [0.29, 0.717) is 6.42 Å². The molecule has 0 aliphatic carbocycles. The predicted octanol–water partition coefficient (Wildman–Crippen LogP) is 3.25. The normalized spacial score (nSPS) is 12.4. The Hall–Kier alpha value is -1.67. The SMILES string of the molecule is Cc1ccccc1CC(N)Cc1cccc(F)c1. The maximum Gasteiger partial charge on any atom is 0.123 e. The fourth-order valence-electron chi connectivity index (χ4n) is 2.16. The quantitative estimate of drug-likeness (QED) is 0.876. The van der Waals surface area contributed by atoms with Gasteiger partial charge in [-0.05, 0) is 48.6 Å². The van der Waals surface area contributed by atoms with Crippen LogP contribution >= 0.6 is 0 Å². The van der Waals surface area contributed by atoms with Gasteiger partial charge >= 0.3 is 0 Å². The summed E-state index contributed by atoms with van der Waals surface area (Å²) < 4.78 is 13.1. The minimum atomic E-state index is -0.199. The van der Waals surface area contributed by atoms with Crippen LogP contribution < -0.4 is 5.73 Å². The predicted molar refractivity (Wildman–Crippen MR) is 73.0 cm³/mol. The van der Waals surface area contributed by atoms with Gasteiger partial charge in [0.05, 0.1) is 0 Å². The lowest BCUT2D eigenvalue weighted by molar-refractivity contribution is 0.618. The minimum Gasteiger partial charge on any atom is -0.327 e. The van der Waals surface area contributed by atoms with Crippen LogP contribution in [0.2, 0.25) is 0 Å². The van der Waals surface area contributed by atoms with Gasteiger partial charge in [-0.25, -0.2) is 4.39 Å². The maximum absolute atomic E-state index is 13.1. The average molecular weight is 243 g/mol. The second-order valence-corrected chi connectivity index (χ2v) is 4.72. The third-order valence-corrected chi connectivity index (χ3v) is 3.13. The molecule has 1 unspecified atom stereocenters. The molecule has 0 bridgehead atoms. The van der Waals surface area contributed by atoms with Crippen molar-refractivity contribution in [2.75, 3.05) is 0 Å². The van der Waals surface area contributed by atoms with Crippen LogP contribution in [0.4, 0.5) is 4.39 Å². The van der Waals surface area contributed by atoms with Crippen molar-refractivity contribution in [2.24, 2.45) is 5.73 Å². The summed E-state index contributed by atoms with van der Waals surface area (Å²) >= 11 is 0. The van der Waals surface area contributed by atoms with Gasteiger partial charge < -0.3 is 5.73 Å². The zero-order valence-electron chi connectivity index (χ0n) is 10.6.